The second-order valence-electron chi connectivity index (χ2n) is 2.46. The van der Waals surface area contributed by atoms with Crippen LogP contribution in [-0.2, 0) is 4.74 Å². The number of carbonyl (C=O) groups is 1. The molecule has 0 heterocycles. The van der Waals surface area contributed by atoms with Crippen LogP contribution >= 0.6 is 31.9 Å². The van der Waals surface area contributed by atoms with Crippen LogP contribution in [0.4, 0.5) is 0 Å². The second-order valence-corrected chi connectivity index (χ2v) is 4.11. The van der Waals surface area contributed by atoms with Crippen LogP contribution in [0.3, 0.4) is 0 Å². The Labute approximate surface area is 98.6 Å². The van der Waals surface area contributed by atoms with E-state index in [1.807, 2.05) is 0 Å². The molecule has 0 radical (unpaired) electrons. The van der Waals surface area contributed by atoms with Gasteiger partial charge in [-0.3, -0.25) is 0 Å². The van der Waals surface area contributed by atoms with Crippen molar-refractivity contribution < 1.29 is 14.3 Å². The number of hydrogen-bond donors (Lipinski definition) is 0. The van der Waals surface area contributed by atoms with Crippen LogP contribution in [0.1, 0.15) is 10.4 Å². The van der Waals surface area contributed by atoms with Crippen LogP contribution in [-0.4, -0.2) is 20.2 Å². The number of methoxy groups -OCH3 is 2. The van der Waals surface area contributed by atoms with E-state index in [0.717, 1.165) is 4.47 Å². The highest BCUT2D eigenvalue weighted by molar-refractivity contribution is 9.13. The summed E-state index contributed by atoms with van der Waals surface area (Å²) < 4.78 is 11.1. The fraction of sp³-hybridized carbons (Fsp3) is 0.222. The Morgan fingerprint density at radius 2 is 1.93 bits per heavy atom. The normalized spacial score (nSPS) is 9.71. The summed E-state index contributed by atoms with van der Waals surface area (Å²) in [5.41, 5.74) is 0.429. The third kappa shape index (κ3) is 2.27. The number of esters is 1. The SMILES string of the molecule is COC(=O)c1cc(OC)cc(Br)c1Br. The molecule has 0 saturated heterocycles. The van der Waals surface area contributed by atoms with Crippen molar-refractivity contribution in [2.75, 3.05) is 14.2 Å². The average molecular weight is 324 g/mol. The Hall–Kier alpha value is -0.550. The van der Waals surface area contributed by atoms with Crippen LogP contribution in [0, 0.1) is 0 Å². The first-order valence-corrected chi connectivity index (χ1v) is 5.30. The first-order valence-electron chi connectivity index (χ1n) is 3.71. The van der Waals surface area contributed by atoms with Crippen molar-refractivity contribution in [2.24, 2.45) is 0 Å². The van der Waals surface area contributed by atoms with Gasteiger partial charge in [0.15, 0.2) is 0 Å². The minimum atomic E-state index is -0.406. The van der Waals surface area contributed by atoms with Gasteiger partial charge in [0.25, 0.3) is 0 Å². The van der Waals surface area contributed by atoms with Gasteiger partial charge in [-0.15, -0.1) is 0 Å². The molecule has 76 valence electrons. The molecule has 0 aliphatic rings. The van der Waals surface area contributed by atoms with Crippen LogP contribution in [0.25, 0.3) is 0 Å². The van der Waals surface area contributed by atoms with E-state index in [0.29, 0.717) is 15.8 Å². The largest absolute Gasteiger partial charge is 0.497 e. The molecule has 0 aromatic heterocycles. The fourth-order valence-electron chi connectivity index (χ4n) is 0.941. The highest BCUT2D eigenvalue weighted by Crippen LogP contribution is 2.31. The number of ether oxygens (including phenoxy) is 2. The van der Waals surface area contributed by atoms with E-state index in [2.05, 4.69) is 36.6 Å². The number of hydrogen-bond acceptors (Lipinski definition) is 3. The van der Waals surface area contributed by atoms with Crippen molar-refractivity contribution in [1.82, 2.24) is 0 Å². The molecule has 0 N–H and O–H groups in total. The summed E-state index contributed by atoms with van der Waals surface area (Å²) in [6, 6.07) is 3.37. The van der Waals surface area contributed by atoms with Gasteiger partial charge in [0.05, 0.1) is 19.8 Å². The molecule has 0 atom stereocenters. The Bertz CT molecular complexity index is 363. The molecule has 0 spiro atoms. The summed E-state index contributed by atoms with van der Waals surface area (Å²) in [5.74, 6) is 0.192. The molecule has 0 fully saturated rings. The lowest BCUT2D eigenvalue weighted by Gasteiger charge is -2.07. The van der Waals surface area contributed by atoms with Gasteiger partial charge in [-0.05, 0) is 44.0 Å². The van der Waals surface area contributed by atoms with Gasteiger partial charge < -0.3 is 9.47 Å². The molecule has 1 aromatic rings. The molecule has 1 aromatic carbocycles. The zero-order valence-corrected chi connectivity index (χ0v) is 10.8. The monoisotopic (exact) mass is 322 g/mol. The van der Waals surface area contributed by atoms with Gasteiger partial charge in [-0.1, -0.05) is 0 Å². The molecular weight excluding hydrogens is 316 g/mol. The van der Waals surface area contributed by atoms with Crippen molar-refractivity contribution in [3.8, 4) is 5.75 Å². The standard InChI is InChI=1S/C9H8Br2O3/c1-13-5-3-6(9(12)14-2)8(11)7(10)4-5/h3-4H,1-2H3. The van der Waals surface area contributed by atoms with Gasteiger partial charge in [0.2, 0.25) is 0 Å². The quantitative estimate of drug-likeness (QED) is 0.785. The number of halogens is 2. The molecule has 0 unspecified atom stereocenters. The summed E-state index contributed by atoms with van der Waals surface area (Å²) in [4.78, 5) is 11.3. The van der Waals surface area contributed by atoms with Crippen LogP contribution in [0.15, 0.2) is 21.1 Å². The lowest BCUT2D eigenvalue weighted by Crippen LogP contribution is -2.03. The number of carbonyl (C=O) groups excluding carboxylic acids is 1. The van der Waals surface area contributed by atoms with E-state index in [1.165, 1.54) is 14.2 Å². The molecule has 0 bridgehead atoms. The van der Waals surface area contributed by atoms with Crippen molar-refractivity contribution in [1.29, 1.82) is 0 Å². The maximum Gasteiger partial charge on any atom is 0.339 e. The van der Waals surface area contributed by atoms with Crippen molar-refractivity contribution in [3.63, 3.8) is 0 Å². The molecular formula is C9H8Br2O3. The van der Waals surface area contributed by atoms with E-state index in [4.69, 9.17) is 4.74 Å². The summed E-state index contributed by atoms with van der Waals surface area (Å²) >= 11 is 6.58. The van der Waals surface area contributed by atoms with Gasteiger partial charge in [-0.25, -0.2) is 4.79 Å². The maximum absolute atomic E-state index is 11.3. The minimum Gasteiger partial charge on any atom is -0.497 e. The molecule has 0 aliphatic carbocycles. The first-order chi connectivity index (χ1) is 6.60. The fourth-order valence-corrected chi connectivity index (χ4v) is 1.77. The number of benzene rings is 1. The molecule has 0 aliphatic heterocycles. The van der Waals surface area contributed by atoms with E-state index >= 15 is 0 Å². The molecule has 14 heavy (non-hydrogen) atoms. The van der Waals surface area contributed by atoms with Crippen LogP contribution in [0.5, 0.6) is 5.75 Å². The minimum absolute atomic E-state index is 0.406. The van der Waals surface area contributed by atoms with Gasteiger partial charge in [0, 0.05) is 8.95 Å². The third-order valence-electron chi connectivity index (χ3n) is 1.64. The number of rotatable bonds is 2. The first kappa shape index (κ1) is 11.5. The van der Waals surface area contributed by atoms with Crippen molar-refractivity contribution >= 4 is 37.8 Å². The summed E-state index contributed by atoms with van der Waals surface area (Å²) in [6.45, 7) is 0. The van der Waals surface area contributed by atoms with E-state index in [-0.39, 0.29) is 0 Å². The lowest BCUT2D eigenvalue weighted by molar-refractivity contribution is 0.0599. The molecule has 5 heteroatoms. The average Bonchev–Trinajstić information content (AvgIpc) is 2.20. The van der Waals surface area contributed by atoms with Gasteiger partial charge in [-0.2, -0.15) is 0 Å². The Kier molecular flexibility index (Phi) is 3.95. The summed E-state index contributed by atoms with van der Waals surface area (Å²) in [6.07, 6.45) is 0. The summed E-state index contributed by atoms with van der Waals surface area (Å²) in [7, 11) is 2.87. The van der Waals surface area contributed by atoms with Crippen molar-refractivity contribution in [3.05, 3.63) is 26.6 Å². The molecule has 0 saturated carbocycles. The van der Waals surface area contributed by atoms with E-state index in [1.54, 1.807) is 12.1 Å². The summed E-state index contributed by atoms with van der Waals surface area (Å²) in [5, 5.41) is 0. The van der Waals surface area contributed by atoms with Crippen molar-refractivity contribution in [2.45, 2.75) is 0 Å². The van der Waals surface area contributed by atoms with E-state index < -0.39 is 5.97 Å². The Balaban J connectivity index is 3.27. The zero-order valence-electron chi connectivity index (χ0n) is 7.64. The van der Waals surface area contributed by atoms with E-state index in [9.17, 15) is 4.79 Å². The third-order valence-corrected chi connectivity index (χ3v) is 3.65. The predicted molar refractivity (Wildman–Crippen MR) is 59.7 cm³/mol. The zero-order chi connectivity index (χ0) is 10.7. The van der Waals surface area contributed by atoms with Gasteiger partial charge in [0.1, 0.15) is 5.75 Å². The predicted octanol–water partition coefficient (Wildman–Crippen LogP) is 3.01. The Morgan fingerprint density at radius 3 is 2.43 bits per heavy atom. The highest BCUT2D eigenvalue weighted by Gasteiger charge is 2.14. The molecule has 1 rings (SSSR count). The lowest BCUT2D eigenvalue weighted by atomic mass is 10.2. The Morgan fingerprint density at radius 1 is 1.29 bits per heavy atom. The smallest absolute Gasteiger partial charge is 0.339 e. The molecule has 3 nitrogen and oxygen atoms in total. The van der Waals surface area contributed by atoms with Crippen LogP contribution < -0.4 is 4.74 Å². The molecule has 0 amide bonds. The van der Waals surface area contributed by atoms with Crippen LogP contribution in [0.2, 0.25) is 0 Å². The maximum atomic E-state index is 11.3. The topological polar surface area (TPSA) is 35.5 Å². The second kappa shape index (κ2) is 4.79. The highest BCUT2D eigenvalue weighted by atomic mass is 79.9. The van der Waals surface area contributed by atoms with Gasteiger partial charge >= 0.3 is 5.97 Å².